The van der Waals surface area contributed by atoms with Crippen LogP contribution >= 0.6 is 0 Å². The maximum Gasteiger partial charge on any atom is 0.0847 e. The second-order valence-electron chi connectivity index (χ2n) is 10.2. The average Bonchev–Trinajstić information content (AvgIpc) is 3.50. The number of nitrogens with zero attached hydrogens (tertiary/aromatic N) is 3. The molecule has 0 aliphatic heterocycles. The molecule has 0 N–H and O–H groups in total. The van der Waals surface area contributed by atoms with E-state index in [4.69, 9.17) is 4.42 Å². The number of furan rings is 1. The van der Waals surface area contributed by atoms with Crippen molar-refractivity contribution in [1.29, 1.82) is 0 Å². The van der Waals surface area contributed by atoms with Crippen LogP contribution in [0.2, 0.25) is 0 Å². The third-order valence-corrected chi connectivity index (χ3v) is 7.42. The molecule has 0 atom stereocenters. The third-order valence-electron chi connectivity index (χ3n) is 7.42. The van der Waals surface area contributed by atoms with Crippen LogP contribution in [0, 0.1) is 39.8 Å². The third kappa shape index (κ3) is 5.94. The smallest absolute Gasteiger partial charge is 0.0847 e. The molecule has 0 aliphatic carbocycles. The number of aromatic nitrogens is 3. The van der Waals surface area contributed by atoms with Gasteiger partial charge in [0.15, 0.2) is 0 Å². The van der Waals surface area contributed by atoms with Gasteiger partial charge in [-0.25, -0.2) is 0 Å². The van der Waals surface area contributed by atoms with Crippen LogP contribution in [0.5, 0.6) is 0 Å². The molecule has 4 aromatic heterocycles. The topological polar surface area (TPSA) is 51.8 Å². The fourth-order valence-corrected chi connectivity index (χ4v) is 4.75. The van der Waals surface area contributed by atoms with Gasteiger partial charge in [0, 0.05) is 56.2 Å². The van der Waals surface area contributed by atoms with Crippen molar-refractivity contribution in [3.63, 3.8) is 0 Å². The number of aryl methyl sites for hydroxylation is 4. The van der Waals surface area contributed by atoms with Gasteiger partial charge in [-0.15, -0.1) is 41.0 Å². The maximum absolute atomic E-state index is 5.60. The van der Waals surface area contributed by atoms with E-state index >= 15 is 0 Å². The van der Waals surface area contributed by atoms with Crippen molar-refractivity contribution in [2.45, 2.75) is 27.7 Å². The van der Waals surface area contributed by atoms with Crippen LogP contribution in [0.4, 0.5) is 0 Å². The Kier molecular flexibility index (Phi) is 8.72. The molecule has 4 heterocycles. The molecule has 0 amide bonds. The Labute approximate surface area is 259 Å². The first kappa shape index (κ1) is 29.1. The predicted octanol–water partition coefficient (Wildman–Crippen LogP) is 9.29. The van der Waals surface area contributed by atoms with Crippen LogP contribution in [0.1, 0.15) is 22.3 Å². The molecular weight excluding hydrogens is 695 g/mol. The van der Waals surface area contributed by atoms with Crippen molar-refractivity contribution in [2.75, 3.05) is 0 Å². The fraction of sp³-hybridized carbons (Fsp3) is 0.108. The van der Waals surface area contributed by atoms with Crippen LogP contribution < -0.4 is 0 Å². The first-order chi connectivity index (χ1) is 20.0. The van der Waals surface area contributed by atoms with Crippen LogP contribution in [-0.4, -0.2) is 15.0 Å². The van der Waals surface area contributed by atoms with Crippen molar-refractivity contribution in [3.05, 3.63) is 138 Å². The summed E-state index contributed by atoms with van der Waals surface area (Å²) in [5, 5.41) is 1.90. The second-order valence-corrected chi connectivity index (χ2v) is 10.2. The van der Waals surface area contributed by atoms with Gasteiger partial charge in [0.25, 0.3) is 0 Å². The Balaban J connectivity index is 0.000000181. The van der Waals surface area contributed by atoms with E-state index in [2.05, 4.69) is 85.1 Å². The molecule has 7 aromatic rings. The monoisotopic (exact) mass is 724 g/mol. The summed E-state index contributed by atoms with van der Waals surface area (Å²) in [7, 11) is 0. The van der Waals surface area contributed by atoms with Gasteiger partial charge in [-0.05, 0) is 42.3 Å². The molecule has 209 valence electrons. The van der Waals surface area contributed by atoms with Gasteiger partial charge in [0.2, 0.25) is 0 Å². The molecule has 7 rings (SSSR count). The van der Waals surface area contributed by atoms with Gasteiger partial charge in [0.1, 0.15) is 0 Å². The molecule has 42 heavy (non-hydrogen) atoms. The number of pyridine rings is 3. The fourth-order valence-electron chi connectivity index (χ4n) is 4.75. The molecule has 0 unspecified atom stereocenters. The van der Waals surface area contributed by atoms with Gasteiger partial charge < -0.3 is 9.40 Å². The Morgan fingerprint density at radius 3 is 2.26 bits per heavy atom. The van der Waals surface area contributed by atoms with E-state index in [-0.39, 0.29) is 20.1 Å². The molecule has 0 bridgehead atoms. The standard InChI is InChI=1S/C22H13N2O.C15H16N.Ir/c1-2-5-15(6-3-1)16-8-11-23-20(14-16)19-13-17-9-12-25-22(17)21-18(19)7-4-10-24-21;1-10-5-6-14(7-11(10)2)15-8-12(3)13(4)9-16-15;/h1-12,14H;5,7-9H,1-4H3;/q2*-1;. The molecule has 1 radical (unpaired) electrons. The number of fused-ring (bicyclic) bond motifs is 3. The molecule has 0 fully saturated rings. The van der Waals surface area contributed by atoms with Gasteiger partial charge in [-0.2, -0.15) is 0 Å². The molecule has 0 saturated heterocycles. The van der Waals surface area contributed by atoms with Crippen LogP contribution in [0.3, 0.4) is 0 Å². The molecule has 5 heteroatoms. The van der Waals surface area contributed by atoms with Gasteiger partial charge >= 0.3 is 0 Å². The van der Waals surface area contributed by atoms with Crippen LogP contribution in [0.25, 0.3) is 55.5 Å². The number of hydrogen-bond donors (Lipinski definition) is 0. The van der Waals surface area contributed by atoms with Crippen molar-refractivity contribution in [3.8, 4) is 33.6 Å². The molecule has 0 saturated carbocycles. The minimum atomic E-state index is 0. The van der Waals surface area contributed by atoms with Crippen molar-refractivity contribution < 1.29 is 24.5 Å². The number of rotatable bonds is 3. The second kappa shape index (κ2) is 12.6. The SMILES string of the molecule is Cc1c[c-]c(-c2cc(C)c(C)cn2)cc1C.[Ir].[c-]1c(-c2cc(-c3ccccc3)ccn2)c2cccnc2c2occc12. The first-order valence-corrected chi connectivity index (χ1v) is 13.6. The van der Waals surface area contributed by atoms with Gasteiger partial charge in [0.05, 0.1) is 5.58 Å². The van der Waals surface area contributed by atoms with E-state index < -0.39 is 0 Å². The largest absolute Gasteiger partial charge is 0.506 e. The van der Waals surface area contributed by atoms with Crippen LogP contribution in [-0.2, 0) is 20.1 Å². The van der Waals surface area contributed by atoms with E-state index in [1.54, 1.807) is 12.5 Å². The maximum atomic E-state index is 5.60. The van der Waals surface area contributed by atoms with Crippen LogP contribution in [0.15, 0.2) is 108 Å². The zero-order chi connectivity index (χ0) is 28.3. The van der Waals surface area contributed by atoms with Crippen molar-refractivity contribution in [2.24, 2.45) is 0 Å². The molecule has 0 aliphatic rings. The summed E-state index contributed by atoms with van der Waals surface area (Å²) in [5.41, 5.74) is 12.9. The Morgan fingerprint density at radius 2 is 1.48 bits per heavy atom. The summed E-state index contributed by atoms with van der Waals surface area (Å²) in [4.78, 5) is 13.5. The first-order valence-electron chi connectivity index (χ1n) is 13.6. The van der Waals surface area contributed by atoms with Crippen molar-refractivity contribution >= 4 is 21.9 Å². The summed E-state index contributed by atoms with van der Waals surface area (Å²) in [6.07, 6.45) is 7.22. The van der Waals surface area contributed by atoms with Crippen molar-refractivity contribution in [1.82, 2.24) is 15.0 Å². The Bertz CT molecular complexity index is 1950. The average molecular weight is 724 g/mol. The molecule has 3 aromatic carbocycles. The van der Waals surface area contributed by atoms with E-state index in [9.17, 15) is 0 Å². The van der Waals surface area contributed by atoms with Gasteiger partial charge in [-0.3, -0.25) is 9.97 Å². The molecule has 0 spiro atoms. The zero-order valence-electron chi connectivity index (χ0n) is 23.9. The minimum absolute atomic E-state index is 0. The Morgan fingerprint density at radius 1 is 0.667 bits per heavy atom. The molecule has 4 nitrogen and oxygen atoms in total. The van der Waals surface area contributed by atoms with E-state index in [0.717, 1.165) is 55.5 Å². The van der Waals surface area contributed by atoms with Gasteiger partial charge in [-0.1, -0.05) is 96.4 Å². The summed E-state index contributed by atoms with van der Waals surface area (Å²) in [6.45, 7) is 8.41. The predicted molar refractivity (Wildman–Crippen MR) is 166 cm³/mol. The Hall–Kier alpha value is -4.44. The molecular formula is C37H29IrN3O-2. The summed E-state index contributed by atoms with van der Waals surface area (Å²) in [5.74, 6) is 0. The van der Waals surface area contributed by atoms with E-state index in [0.29, 0.717) is 0 Å². The zero-order valence-corrected chi connectivity index (χ0v) is 26.3. The van der Waals surface area contributed by atoms with E-state index in [1.165, 1.54) is 22.3 Å². The normalized spacial score (nSPS) is 10.7. The number of benzene rings is 3. The summed E-state index contributed by atoms with van der Waals surface area (Å²) < 4.78 is 5.60. The minimum Gasteiger partial charge on any atom is -0.506 e. The number of hydrogen-bond acceptors (Lipinski definition) is 4. The summed E-state index contributed by atoms with van der Waals surface area (Å²) >= 11 is 0. The quantitative estimate of drug-likeness (QED) is 0.171. The summed E-state index contributed by atoms with van der Waals surface area (Å²) in [6, 6.07) is 33.3. The van der Waals surface area contributed by atoms with E-state index in [1.807, 2.05) is 60.9 Å².